The van der Waals surface area contributed by atoms with E-state index in [1.807, 2.05) is 6.07 Å². The van der Waals surface area contributed by atoms with Crippen molar-refractivity contribution in [3.8, 4) is 0 Å². The predicted molar refractivity (Wildman–Crippen MR) is 58.9 cm³/mol. The first-order chi connectivity index (χ1) is 7.27. The van der Waals surface area contributed by atoms with E-state index >= 15 is 0 Å². The molecule has 0 atom stereocenters. The molecule has 0 fully saturated rings. The predicted octanol–water partition coefficient (Wildman–Crippen LogP) is 1.12. The normalized spacial score (nSPS) is 9.13. The number of nitrogens with one attached hydrogen (secondary N) is 1. The van der Waals surface area contributed by atoms with Crippen molar-refractivity contribution in [3.05, 3.63) is 35.9 Å². The van der Waals surface area contributed by atoms with E-state index in [1.54, 1.807) is 31.2 Å². The first-order valence-electron chi connectivity index (χ1n) is 4.44. The van der Waals surface area contributed by atoms with Gasteiger partial charge in [-0.25, -0.2) is 9.00 Å². The molecule has 0 heterocycles. The van der Waals surface area contributed by atoms with Crippen LogP contribution in [0.25, 0.3) is 0 Å². The molecule has 0 radical (unpaired) electrons. The quantitative estimate of drug-likeness (QED) is 0.767. The molecule has 1 amide bonds. The standard InChI is InChI=1S/C10H11NO3S/c1-2-14-10(12)11-9(15-13)8-6-4-3-5-7-8/h3-7H,2H2,1H3,(H,11,12). The molecule has 15 heavy (non-hydrogen) atoms. The third kappa shape index (κ3) is 3.55. The fraction of sp³-hybridized carbons (Fsp3) is 0.200. The van der Waals surface area contributed by atoms with Crippen molar-refractivity contribution in [2.24, 2.45) is 0 Å². The van der Waals surface area contributed by atoms with Gasteiger partial charge in [0.05, 0.1) is 6.61 Å². The number of alkyl carbamates (subject to hydrolysis) is 1. The number of amides is 1. The van der Waals surface area contributed by atoms with Gasteiger partial charge in [0.2, 0.25) is 0 Å². The van der Waals surface area contributed by atoms with E-state index in [-0.39, 0.29) is 22.9 Å². The Morgan fingerprint density at radius 2 is 2.07 bits per heavy atom. The van der Waals surface area contributed by atoms with E-state index in [0.29, 0.717) is 5.56 Å². The summed E-state index contributed by atoms with van der Waals surface area (Å²) in [5.41, 5.74) is 0.672. The lowest BCUT2D eigenvalue weighted by Gasteiger charge is -2.05. The highest BCUT2D eigenvalue weighted by Gasteiger charge is 2.07. The van der Waals surface area contributed by atoms with Gasteiger partial charge in [-0.2, -0.15) is 0 Å². The van der Waals surface area contributed by atoms with Crippen molar-refractivity contribution in [2.75, 3.05) is 6.61 Å². The molecule has 4 nitrogen and oxygen atoms in total. The van der Waals surface area contributed by atoms with Crippen LogP contribution in [0.15, 0.2) is 30.3 Å². The first kappa shape index (κ1) is 11.5. The Labute approximate surface area is 91.3 Å². The van der Waals surface area contributed by atoms with Gasteiger partial charge < -0.3 is 4.74 Å². The van der Waals surface area contributed by atoms with Crippen LogP contribution in [0, 0.1) is 0 Å². The van der Waals surface area contributed by atoms with Crippen LogP contribution in [-0.2, 0) is 16.0 Å². The lowest BCUT2D eigenvalue weighted by atomic mass is 10.2. The van der Waals surface area contributed by atoms with Gasteiger partial charge in [-0.1, -0.05) is 30.3 Å². The van der Waals surface area contributed by atoms with Gasteiger partial charge in [-0.3, -0.25) is 5.32 Å². The highest BCUT2D eigenvalue weighted by atomic mass is 32.1. The minimum Gasteiger partial charge on any atom is -0.450 e. The monoisotopic (exact) mass is 225 g/mol. The number of rotatable bonds is 2. The molecule has 0 aliphatic heterocycles. The third-order valence-corrected chi connectivity index (χ3v) is 2.11. The van der Waals surface area contributed by atoms with Crippen molar-refractivity contribution in [3.63, 3.8) is 0 Å². The van der Waals surface area contributed by atoms with Gasteiger partial charge in [0, 0.05) is 5.56 Å². The molecule has 0 spiro atoms. The lowest BCUT2D eigenvalue weighted by Crippen LogP contribution is -2.31. The SMILES string of the molecule is CCOC(=O)NC(=S=O)c1ccccc1. The second-order valence-corrected chi connectivity index (χ2v) is 3.20. The summed E-state index contributed by atoms with van der Waals surface area (Å²) in [6.07, 6.45) is -0.611. The van der Waals surface area contributed by atoms with Crippen LogP contribution in [0.4, 0.5) is 4.79 Å². The zero-order valence-corrected chi connectivity index (χ0v) is 9.04. The Kier molecular flexibility index (Phi) is 4.56. The Morgan fingerprint density at radius 1 is 1.40 bits per heavy atom. The second kappa shape index (κ2) is 5.98. The van der Waals surface area contributed by atoms with Crippen molar-refractivity contribution in [2.45, 2.75) is 6.92 Å². The van der Waals surface area contributed by atoms with Crippen LogP contribution in [-0.4, -0.2) is 21.9 Å². The fourth-order valence-corrected chi connectivity index (χ4v) is 1.35. The average molecular weight is 225 g/mol. The second-order valence-electron chi connectivity index (χ2n) is 2.62. The summed E-state index contributed by atoms with van der Waals surface area (Å²) in [5.74, 6) is 0. The van der Waals surface area contributed by atoms with E-state index in [1.165, 1.54) is 0 Å². The third-order valence-electron chi connectivity index (χ3n) is 1.61. The van der Waals surface area contributed by atoms with E-state index in [0.717, 1.165) is 0 Å². The molecule has 80 valence electrons. The molecule has 1 aromatic carbocycles. The van der Waals surface area contributed by atoms with Crippen LogP contribution in [0.2, 0.25) is 0 Å². The Hall–Kier alpha value is -1.62. The van der Waals surface area contributed by atoms with Crippen molar-refractivity contribution < 1.29 is 13.7 Å². The van der Waals surface area contributed by atoms with Crippen molar-refractivity contribution >= 4 is 22.3 Å². The van der Waals surface area contributed by atoms with Gasteiger partial charge >= 0.3 is 6.09 Å². The summed E-state index contributed by atoms with van der Waals surface area (Å²) in [5, 5.41) is 2.39. The molecule has 0 saturated carbocycles. The molecule has 1 rings (SSSR count). The first-order valence-corrected chi connectivity index (χ1v) is 5.18. The molecule has 5 heteroatoms. The van der Waals surface area contributed by atoms with E-state index in [9.17, 15) is 9.00 Å². The zero-order chi connectivity index (χ0) is 11.1. The van der Waals surface area contributed by atoms with Gasteiger partial charge in [0.1, 0.15) is 16.2 Å². The van der Waals surface area contributed by atoms with Gasteiger partial charge in [0.15, 0.2) is 0 Å². The molecule has 0 bridgehead atoms. The number of ether oxygens (including phenoxy) is 1. The maximum absolute atomic E-state index is 11.1. The fourth-order valence-electron chi connectivity index (χ4n) is 0.991. The Bertz CT molecular complexity index is 385. The molecular formula is C10H11NO3S. The lowest BCUT2D eigenvalue weighted by molar-refractivity contribution is 0.158. The summed E-state index contributed by atoms with van der Waals surface area (Å²) < 4.78 is 15.5. The number of hydrogen-bond acceptors (Lipinski definition) is 3. The van der Waals surface area contributed by atoms with E-state index in [2.05, 4.69) is 10.1 Å². The average Bonchev–Trinajstić information content (AvgIpc) is 2.27. The van der Waals surface area contributed by atoms with Crippen LogP contribution in [0.3, 0.4) is 0 Å². The number of carbonyl (C=O) groups excluding carboxylic acids is 1. The minimum atomic E-state index is -0.611. The molecule has 0 aromatic heterocycles. The van der Waals surface area contributed by atoms with Crippen molar-refractivity contribution in [1.82, 2.24) is 5.32 Å². The number of hydrogen-bond donors (Lipinski definition) is 1. The number of carbonyl (C=O) groups is 1. The molecule has 0 aliphatic rings. The van der Waals surface area contributed by atoms with Crippen LogP contribution >= 0.6 is 0 Å². The Balaban J connectivity index is 2.75. The number of benzene rings is 1. The maximum Gasteiger partial charge on any atom is 0.412 e. The van der Waals surface area contributed by atoms with Crippen LogP contribution < -0.4 is 5.32 Å². The molecule has 1 N–H and O–H groups in total. The molecule has 0 aliphatic carbocycles. The largest absolute Gasteiger partial charge is 0.450 e. The zero-order valence-electron chi connectivity index (χ0n) is 8.23. The van der Waals surface area contributed by atoms with Gasteiger partial charge in [-0.05, 0) is 6.92 Å². The summed E-state index contributed by atoms with van der Waals surface area (Å²) in [7, 11) is 0. The summed E-state index contributed by atoms with van der Waals surface area (Å²) >= 11 is 0.232. The molecule has 0 unspecified atom stereocenters. The molecular weight excluding hydrogens is 214 g/mol. The van der Waals surface area contributed by atoms with E-state index < -0.39 is 6.09 Å². The Morgan fingerprint density at radius 3 is 2.60 bits per heavy atom. The smallest absolute Gasteiger partial charge is 0.412 e. The highest BCUT2D eigenvalue weighted by molar-refractivity contribution is 7.67. The summed E-state index contributed by atoms with van der Waals surface area (Å²) in [6.45, 7) is 1.98. The molecule has 0 saturated heterocycles. The van der Waals surface area contributed by atoms with E-state index in [4.69, 9.17) is 0 Å². The van der Waals surface area contributed by atoms with Gasteiger partial charge in [-0.15, -0.1) is 0 Å². The summed E-state index contributed by atoms with van der Waals surface area (Å²) in [6, 6.07) is 8.90. The van der Waals surface area contributed by atoms with Crippen LogP contribution in [0.1, 0.15) is 12.5 Å². The van der Waals surface area contributed by atoms with Crippen molar-refractivity contribution in [1.29, 1.82) is 0 Å². The minimum absolute atomic E-state index is 0.232. The van der Waals surface area contributed by atoms with Gasteiger partial charge in [0.25, 0.3) is 0 Å². The summed E-state index contributed by atoms with van der Waals surface area (Å²) in [4.78, 5) is 11.3. The topological polar surface area (TPSA) is 55.4 Å². The van der Waals surface area contributed by atoms with Crippen LogP contribution in [0.5, 0.6) is 0 Å². The highest BCUT2D eigenvalue weighted by Crippen LogP contribution is 1.97. The maximum atomic E-state index is 11.1. The molecule has 1 aromatic rings.